The van der Waals surface area contributed by atoms with Crippen LogP contribution >= 0.6 is 0 Å². The van der Waals surface area contributed by atoms with Gasteiger partial charge in [0.05, 0.1) is 6.10 Å². The van der Waals surface area contributed by atoms with Gasteiger partial charge < -0.3 is 24.8 Å². The van der Waals surface area contributed by atoms with E-state index in [9.17, 15) is 15.0 Å². The van der Waals surface area contributed by atoms with Crippen LogP contribution in [0.3, 0.4) is 0 Å². The van der Waals surface area contributed by atoms with Crippen molar-refractivity contribution in [3.05, 3.63) is 47.5 Å². The number of fused-ring (bicyclic) bond motifs is 1. The first-order valence-electron chi connectivity index (χ1n) is 11.1. The highest BCUT2D eigenvalue weighted by Gasteiger charge is 2.71. The lowest BCUT2D eigenvalue weighted by Gasteiger charge is -2.17. The first-order chi connectivity index (χ1) is 15.4. The van der Waals surface area contributed by atoms with Crippen molar-refractivity contribution in [2.45, 2.75) is 51.2 Å². The van der Waals surface area contributed by atoms with E-state index in [1.165, 1.54) is 0 Å². The number of hydrogen-bond acceptors (Lipinski definition) is 6. The summed E-state index contributed by atoms with van der Waals surface area (Å²) >= 11 is 0. The summed E-state index contributed by atoms with van der Waals surface area (Å²) in [6.45, 7) is 2.59. The summed E-state index contributed by atoms with van der Waals surface area (Å²) in [5.41, 5.74) is 0.652. The third-order valence-electron chi connectivity index (χ3n) is 6.98. The van der Waals surface area contributed by atoms with E-state index in [0.29, 0.717) is 12.4 Å². The summed E-state index contributed by atoms with van der Waals surface area (Å²) in [5, 5.41) is 36.7. The number of aromatic nitrogens is 3. The maximum Gasteiger partial charge on any atom is 0.300 e. The lowest BCUT2D eigenvalue weighted by Crippen LogP contribution is -2.32. The average molecular weight is 443 g/mol. The minimum absolute atomic E-state index is 0.0129. The third kappa shape index (κ3) is 3.91. The molecule has 1 aromatic carbocycles. The Bertz CT molecular complexity index is 974. The second kappa shape index (κ2) is 8.99. The molecule has 5 rings (SSSR count). The SMILES string of the molecule is CC(=O)O.O=C(c1nnc2n1CCCCC2)N1C[C@H](O)[C@@]2(C1)[C@H](CO)[C@H]2c1ccccc1. The minimum atomic E-state index is -0.833. The van der Waals surface area contributed by atoms with Crippen LogP contribution in [-0.4, -0.2) is 72.7 Å². The van der Waals surface area contributed by atoms with E-state index in [2.05, 4.69) is 10.2 Å². The number of β-amino-alcohol motifs (C(OH)–C–C–N with tert-alkyl or cyclic N) is 1. The molecule has 0 unspecified atom stereocenters. The zero-order valence-corrected chi connectivity index (χ0v) is 18.2. The summed E-state index contributed by atoms with van der Waals surface area (Å²) in [5.74, 6) is 0.322. The molecule has 0 bridgehead atoms. The summed E-state index contributed by atoms with van der Waals surface area (Å²) in [6, 6.07) is 10.00. The Morgan fingerprint density at radius 2 is 1.88 bits per heavy atom. The van der Waals surface area contributed by atoms with Crippen molar-refractivity contribution in [2.75, 3.05) is 19.7 Å². The topological polar surface area (TPSA) is 129 Å². The second-order valence-corrected chi connectivity index (χ2v) is 8.91. The summed E-state index contributed by atoms with van der Waals surface area (Å²) in [7, 11) is 0. The molecule has 172 valence electrons. The average Bonchev–Trinajstić information content (AvgIpc) is 3.19. The molecule has 1 aliphatic carbocycles. The van der Waals surface area contributed by atoms with Gasteiger partial charge in [0.1, 0.15) is 5.82 Å². The zero-order chi connectivity index (χ0) is 22.9. The number of likely N-dealkylation sites (tertiary alicyclic amines) is 1. The number of benzene rings is 1. The molecule has 9 nitrogen and oxygen atoms in total. The molecule has 3 N–H and O–H groups in total. The van der Waals surface area contributed by atoms with Crippen LogP contribution in [0, 0.1) is 11.3 Å². The second-order valence-electron chi connectivity index (χ2n) is 8.91. The monoisotopic (exact) mass is 442 g/mol. The van der Waals surface area contributed by atoms with E-state index in [1.54, 1.807) is 4.90 Å². The van der Waals surface area contributed by atoms with Crippen molar-refractivity contribution in [3.63, 3.8) is 0 Å². The van der Waals surface area contributed by atoms with E-state index in [1.807, 2.05) is 34.9 Å². The lowest BCUT2D eigenvalue weighted by molar-refractivity contribution is -0.134. The number of rotatable bonds is 3. The number of nitrogens with zero attached hydrogens (tertiary/aromatic N) is 4. The van der Waals surface area contributed by atoms with Crippen molar-refractivity contribution in [1.82, 2.24) is 19.7 Å². The van der Waals surface area contributed by atoms with E-state index >= 15 is 0 Å². The van der Waals surface area contributed by atoms with Gasteiger partial charge in [-0.25, -0.2) is 0 Å². The maximum absolute atomic E-state index is 13.2. The molecule has 9 heteroatoms. The molecule has 2 aromatic rings. The molecule has 1 saturated heterocycles. The van der Waals surface area contributed by atoms with Crippen molar-refractivity contribution in [1.29, 1.82) is 0 Å². The number of aliphatic hydroxyl groups excluding tert-OH is 2. The molecule has 4 atom stereocenters. The van der Waals surface area contributed by atoms with Gasteiger partial charge >= 0.3 is 0 Å². The van der Waals surface area contributed by atoms with Gasteiger partial charge in [-0.2, -0.15) is 0 Å². The number of carboxylic acid groups (broad SMARTS) is 1. The van der Waals surface area contributed by atoms with Crippen LogP contribution in [0.25, 0.3) is 0 Å². The number of carbonyl (C=O) groups excluding carboxylic acids is 1. The van der Waals surface area contributed by atoms with Gasteiger partial charge in [0.25, 0.3) is 11.9 Å². The van der Waals surface area contributed by atoms with Crippen LogP contribution in [0.5, 0.6) is 0 Å². The molecular formula is C23H30N4O5. The Labute approximate surface area is 186 Å². The third-order valence-corrected chi connectivity index (χ3v) is 6.98. The Morgan fingerprint density at radius 1 is 1.16 bits per heavy atom. The van der Waals surface area contributed by atoms with E-state index in [4.69, 9.17) is 9.90 Å². The van der Waals surface area contributed by atoms with E-state index in [0.717, 1.165) is 50.5 Å². The fourth-order valence-electron chi connectivity index (χ4n) is 5.51. The molecule has 0 radical (unpaired) electrons. The maximum atomic E-state index is 13.2. The summed E-state index contributed by atoms with van der Waals surface area (Å²) < 4.78 is 1.96. The summed E-state index contributed by atoms with van der Waals surface area (Å²) in [4.78, 5) is 23.9. The van der Waals surface area contributed by atoms with Crippen molar-refractivity contribution >= 4 is 11.9 Å². The Balaban J connectivity index is 0.000000567. The molecule has 32 heavy (non-hydrogen) atoms. The predicted octanol–water partition coefficient (Wildman–Crippen LogP) is 1.30. The number of aryl methyl sites for hydroxylation is 1. The highest BCUT2D eigenvalue weighted by Crippen LogP contribution is 2.68. The molecule has 1 aromatic heterocycles. The summed E-state index contributed by atoms with van der Waals surface area (Å²) in [6.07, 6.45) is 3.45. The number of carbonyl (C=O) groups is 2. The largest absolute Gasteiger partial charge is 0.481 e. The van der Waals surface area contributed by atoms with E-state index < -0.39 is 17.5 Å². The number of hydrogen-bond donors (Lipinski definition) is 3. The van der Waals surface area contributed by atoms with Crippen LogP contribution < -0.4 is 0 Å². The first-order valence-corrected chi connectivity index (χ1v) is 11.1. The normalized spacial score (nSPS) is 28.5. The van der Waals surface area contributed by atoms with Gasteiger partial charge in [-0.05, 0) is 30.2 Å². The number of aliphatic hydroxyl groups is 2. The number of amides is 1. The Morgan fingerprint density at radius 3 is 2.56 bits per heavy atom. The highest BCUT2D eigenvalue weighted by atomic mass is 16.4. The van der Waals surface area contributed by atoms with Crippen molar-refractivity contribution < 1.29 is 24.9 Å². The van der Waals surface area contributed by atoms with E-state index in [-0.39, 0.29) is 30.9 Å². The van der Waals surface area contributed by atoms with Crippen LogP contribution in [0.2, 0.25) is 0 Å². The molecule has 3 aliphatic rings. The van der Waals surface area contributed by atoms with Gasteiger partial charge in [-0.15, -0.1) is 10.2 Å². The first kappa shape index (κ1) is 22.4. The van der Waals surface area contributed by atoms with Crippen LogP contribution in [0.15, 0.2) is 30.3 Å². The van der Waals surface area contributed by atoms with Crippen molar-refractivity contribution in [2.24, 2.45) is 11.3 Å². The fraction of sp³-hybridized carbons (Fsp3) is 0.565. The molecule has 1 spiro atoms. The smallest absolute Gasteiger partial charge is 0.300 e. The van der Waals surface area contributed by atoms with Crippen molar-refractivity contribution in [3.8, 4) is 0 Å². The molecular weight excluding hydrogens is 412 g/mol. The highest BCUT2D eigenvalue weighted by molar-refractivity contribution is 5.91. The van der Waals surface area contributed by atoms with Crippen LogP contribution in [0.1, 0.15) is 54.1 Å². The molecule has 1 saturated carbocycles. The standard InChI is InChI=1S/C21H26N4O3.C2H4O2/c26-12-15-18(14-7-3-1-4-8-14)21(15)13-24(11-16(21)27)20(28)19-23-22-17-9-5-2-6-10-25(17)19;1-2(3)4/h1,3-4,7-8,15-16,18,26-27H,2,5-6,9-13H2;1H3,(H,3,4)/t15-,16+,18-,21-;/m1./s1. The molecule has 2 aliphatic heterocycles. The van der Waals surface area contributed by atoms with Gasteiger partial charge in [0.15, 0.2) is 0 Å². The molecule has 3 heterocycles. The molecule has 2 fully saturated rings. The minimum Gasteiger partial charge on any atom is -0.481 e. The Kier molecular flexibility index (Phi) is 6.30. The van der Waals surface area contributed by atoms with Crippen LogP contribution in [-0.2, 0) is 17.8 Å². The quantitative estimate of drug-likeness (QED) is 0.653. The lowest BCUT2D eigenvalue weighted by atomic mass is 9.95. The number of aliphatic carboxylic acids is 1. The van der Waals surface area contributed by atoms with Gasteiger partial charge in [-0.1, -0.05) is 36.8 Å². The fourth-order valence-corrected chi connectivity index (χ4v) is 5.51. The number of carboxylic acids is 1. The van der Waals surface area contributed by atoms with Gasteiger partial charge in [0, 0.05) is 45.0 Å². The Hall–Kier alpha value is -2.78. The zero-order valence-electron chi connectivity index (χ0n) is 18.2. The van der Waals surface area contributed by atoms with Gasteiger partial charge in [-0.3, -0.25) is 9.59 Å². The van der Waals surface area contributed by atoms with Crippen LogP contribution in [0.4, 0.5) is 0 Å². The predicted molar refractivity (Wildman–Crippen MR) is 115 cm³/mol. The molecule has 1 amide bonds. The van der Waals surface area contributed by atoms with Gasteiger partial charge in [0.2, 0.25) is 5.82 Å².